The molecule has 2 heterocycles. The first kappa shape index (κ1) is 12.9. The van der Waals surface area contributed by atoms with Crippen molar-refractivity contribution in [2.45, 2.75) is 32.3 Å². The maximum Gasteiger partial charge on any atom is 0.142 e. The molecular formula is C17H16N2OS. The van der Waals surface area contributed by atoms with Gasteiger partial charge in [-0.05, 0) is 43.9 Å². The summed E-state index contributed by atoms with van der Waals surface area (Å²) in [4.78, 5) is 10.5. The van der Waals surface area contributed by atoms with Crippen molar-refractivity contribution < 1.29 is 5.11 Å². The summed E-state index contributed by atoms with van der Waals surface area (Å²) in [5, 5.41) is 12.2. The van der Waals surface area contributed by atoms with E-state index in [9.17, 15) is 5.11 Å². The van der Waals surface area contributed by atoms with Crippen LogP contribution in [0.2, 0.25) is 0 Å². The molecule has 1 N–H and O–H groups in total. The van der Waals surface area contributed by atoms with E-state index in [1.807, 2.05) is 18.2 Å². The fraction of sp³-hybridized carbons (Fsp3) is 0.294. The SMILES string of the molecule is Cc1cc(-c2nc3c(s2)C(O)CCC3)nc2ccccc12. The fourth-order valence-corrected chi connectivity index (χ4v) is 4.06. The molecule has 3 aromatic rings. The molecule has 0 fully saturated rings. The molecule has 0 radical (unpaired) electrons. The highest BCUT2D eigenvalue weighted by Gasteiger charge is 2.23. The first-order chi connectivity index (χ1) is 10.2. The molecule has 106 valence electrons. The summed E-state index contributed by atoms with van der Waals surface area (Å²) in [6, 6.07) is 10.3. The van der Waals surface area contributed by atoms with E-state index in [0.29, 0.717) is 0 Å². The molecule has 4 rings (SSSR count). The number of aromatic nitrogens is 2. The van der Waals surface area contributed by atoms with Gasteiger partial charge < -0.3 is 5.11 Å². The lowest BCUT2D eigenvalue weighted by atomic mass is 10.0. The predicted molar refractivity (Wildman–Crippen MR) is 85.5 cm³/mol. The highest BCUT2D eigenvalue weighted by molar-refractivity contribution is 7.15. The molecule has 1 aliphatic rings. The van der Waals surface area contributed by atoms with Gasteiger partial charge in [-0.2, -0.15) is 0 Å². The smallest absolute Gasteiger partial charge is 0.142 e. The van der Waals surface area contributed by atoms with Gasteiger partial charge in [-0.15, -0.1) is 11.3 Å². The lowest BCUT2D eigenvalue weighted by molar-refractivity contribution is 0.160. The van der Waals surface area contributed by atoms with Gasteiger partial charge in [-0.25, -0.2) is 9.97 Å². The summed E-state index contributed by atoms with van der Waals surface area (Å²) in [6.07, 6.45) is 2.48. The summed E-state index contributed by atoms with van der Waals surface area (Å²) < 4.78 is 0. The predicted octanol–water partition coefficient (Wildman–Crippen LogP) is 4.04. The highest BCUT2D eigenvalue weighted by atomic mass is 32.1. The molecule has 0 bridgehead atoms. The summed E-state index contributed by atoms with van der Waals surface area (Å²) in [7, 11) is 0. The Hall–Kier alpha value is -1.78. The van der Waals surface area contributed by atoms with Gasteiger partial charge in [0.15, 0.2) is 0 Å². The number of para-hydroxylation sites is 1. The van der Waals surface area contributed by atoms with Crippen LogP contribution < -0.4 is 0 Å². The maximum atomic E-state index is 10.1. The third-order valence-electron chi connectivity index (χ3n) is 4.06. The Balaban J connectivity index is 1.87. The second-order valence-electron chi connectivity index (χ2n) is 5.58. The minimum Gasteiger partial charge on any atom is -0.388 e. The molecule has 0 saturated heterocycles. The van der Waals surface area contributed by atoms with Gasteiger partial charge in [0.1, 0.15) is 5.01 Å². The van der Waals surface area contributed by atoms with Crippen LogP contribution >= 0.6 is 11.3 Å². The van der Waals surface area contributed by atoms with E-state index in [1.165, 1.54) is 10.9 Å². The first-order valence-electron chi connectivity index (χ1n) is 7.27. The monoisotopic (exact) mass is 296 g/mol. The second-order valence-corrected chi connectivity index (χ2v) is 6.61. The Labute approximate surface area is 127 Å². The van der Waals surface area contributed by atoms with Crippen molar-refractivity contribution in [1.82, 2.24) is 9.97 Å². The standard InChI is InChI=1S/C17H16N2OS/c1-10-9-14(18-12-6-3-2-5-11(10)12)17-19-13-7-4-8-15(20)16(13)21-17/h2-3,5-6,9,15,20H,4,7-8H2,1H3. The lowest BCUT2D eigenvalue weighted by Gasteiger charge is -2.14. The number of rotatable bonds is 1. The van der Waals surface area contributed by atoms with Gasteiger partial charge in [-0.1, -0.05) is 18.2 Å². The molecule has 3 nitrogen and oxygen atoms in total. The van der Waals surface area contributed by atoms with Gasteiger partial charge in [-0.3, -0.25) is 0 Å². The summed E-state index contributed by atoms with van der Waals surface area (Å²) in [5.41, 5.74) is 4.18. The van der Waals surface area contributed by atoms with E-state index >= 15 is 0 Å². The minimum absolute atomic E-state index is 0.346. The minimum atomic E-state index is -0.346. The number of thiazole rings is 1. The lowest BCUT2D eigenvalue weighted by Crippen LogP contribution is -2.06. The maximum absolute atomic E-state index is 10.1. The second kappa shape index (κ2) is 4.90. The molecule has 4 heteroatoms. The van der Waals surface area contributed by atoms with Crippen molar-refractivity contribution in [3.63, 3.8) is 0 Å². The number of aliphatic hydroxyl groups excluding tert-OH is 1. The van der Waals surface area contributed by atoms with Crippen LogP contribution in [0.4, 0.5) is 0 Å². The summed E-state index contributed by atoms with van der Waals surface area (Å²) in [5.74, 6) is 0. The van der Waals surface area contributed by atoms with Crippen LogP contribution in [-0.4, -0.2) is 15.1 Å². The van der Waals surface area contributed by atoms with E-state index in [-0.39, 0.29) is 6.10 Å². The van der Waals surface area contributed by atoms with E-state index in [4.69, 9.17) is 9.97 Å². The zero-order valence-corrected chi connectivity index (χ0v) is 12.7. The molecule has 0 saturated carbocycles. The molecule has 0 aliphatic heterocycles. The molecule has 0 spiro atoms. The summed E-state index contributed by atoms with van der Waals surface area (Å²) in [6.45, 7) is 2.11. The third kappa shape index (κ3) is 2.15. The van der Waals surface area contributed by atoms with Crippen LogP contribution in [0, 0.1) is 6.92 Å². The zero-order chi connectivity index (χ0) is 14.4. The Morgan fingerprint density at radius 3 is 2.95 bits per heavy atom. The van der Waals surface area contributed by atoms with Crippen molar-refractivity contribution >= 4 is 22.2 Å². The number of hydrogen-bond acceptors (Lipinski definition) is 4. The van der Waals surface area contributed by atoms with Gasteiger partial charge in [0.25, 0.3) is 0 Å². The first-order valence-corrected chi connectivity index (χ1v) is 8.08. The molecule has 1 unspecified atom stereocenters. The number of benzene rings is 1. The van der Waals surface area contributed by atoms with Crippen molar-refractivity contribution in [2.24, 2.45) is 0 Å². The Morgan fingerprint density at radius 2 is 2.10 bits per heavy atom. The van der Waals surface area contributed by atoms with Crippen molar-refractivity contribution in [1.29, 1.82) is 0 Å². The molecule has 21 heavy (non-hydrogen) atoms. The van der Waals surface area contributed by atoms with Crippen molar-refractivity contribution in [2.75, 3.05) is 0 Å². The Bertz CT molecular complexity index is 825. The molecule has 1 aliphatic carbocycles. The highest BCUT2D eigenvalue weighted by Crippen LogP contribution is 2.37. The van der Waals surface area contributed by atoms with Gasteiger partial charge in [0.05, 0.1) is 27.9 Å². The topological polar surface area (TPSA) is 46.0 Å². The summed E-state index contributed by atoms with van der Waals surface area (Å²) >= 11 is 1.59. The van der Waals surface area contributed by atoms with E-state index in [0.717, 1.165) is 46.1 Å². The molecular weight excluding hydrogens is 280 g/mol. The number of hydrogen-bond donors (Lipinski definition) is 1. The van der Waals surface area contributed by atoms with Gasteiger partial charge >= 0.3 is 0 Å². The van der Waals surface area contributed by atoms with E-state index in [1.54, 1.807) is 11.3 Å². The number of fused-ring (bicyclic) bond motifs is 2. The molecule has 1 atom stereocenters. The van der Waals surface area contributed by atoms with Crippen LogP contribution in [0.15, 0.2) is 30.3 Å². The third-order valence-corrected chi connectivity index (χ3v) is 5.28. The van der Waals surface area contributed by atoms with Gasteiger partial charge in [0.2, 0.25) is 0 Å². The average Bonchev–Trinajstić information content (AvgIpc) is 2.93. The number of nitrogens with zero attached hydrogens (tertiary/aromatic N) is 2. The number of aliphatic hydroxyl groups is 1. The number of pyridine rings is 1. The molecule has 2 aromatic heterocycles. The van der Waals surface area contributed by atoms with Crippen LogP contribution in [0.3, 0.4) is 0 Å². The Kier molecular flexibility index (Phi) is 3.01. The fourth-order valence-electron chi connectivity index (χ4n) is 2.97. The van der Waals surface area contributed by atoms with Crippen LogP contribution in [0.5, 0.6) is 0 Å². The quantitative estimate of drug-likeness (QED) is 0.737. The Morgan fingerprint density at radius 1 is 1.24 bits per heavy atom. The van der Waals surface area contributed by atoms with Crippen LogP contribution in [-0.2, 0) is 6.42 Å². The van der Waals surface area contributed by atoms with Crippen molar-refractivity contribution in [3.8, 4) is 10.7 Å². The van der Waals surface area contributed by atoms with E-state index < -0.39 is 0 Å². The molecule has 1 aromatic carbocycles. The van der Waals surface area contributed by atoms with E-state index in [2.05, 4.69) is 19.1 Å². The van der Waals surface area contributed by atoms with Crippen molar-refractivity contribution in [3.05, 3.63) is 46.5 Å². The van der Waals surface area contributed by atoms with Crippen LogP contribution in [0.1, 0.15) is 35.1 Å². The largest absolute Gasteiger partial charge is 0.388 e. The zero-order valence-electron chi connectivity index (χ0n) is 11.8. The normalized spacial score (nSPS) is 17.9. The average molecular weight is 296 g/mol. The van der Waals surface area contributed by atoms with Gasteiger partial charge in [0, 0.05) is 5.39 Å². The molecule has 0 amide bonds. The number of aryl methyl sites for hydroxylation is 2. The van der Waals surface area contributed by atoms with Crippen LogP contribution in [0.25, 0.3) is 21.6 Å².